The minimum Gasteiger partial charge on any atom is -0.369 e. The zero-order valence-corrected chi connectivity index (χ0v) is 9.98. The van der Waals surface area contributed by atoms with Crippen molar-refractivity contribution in [2.75, 3.05) is 0 Å². The predicted molar refractivity (Wildman–Crippen MR) is 61.9 cm³/mol. The Hall–Kier alpha value is -2.24. The normalized spacial score (nSPS) is 11.5. The number of nitrogens with zero attached hydrogens (tertiary/aromatic N) is 2. The van der Waals surface area contributed by atoms with Crippen LogP contribution in [0.1, 0.15) is 19.7 Å². The highest BCUT2D eigenvalue weighted by Crippen LogP contribution is 2.23. The van der Waals surface area contributed by atoms with Crippen LogP contribution in [-0.2, 0) is 10.2 Å². The van der Waals surface area contributed by atoms with Gasteiger partial charge in [-0.25, -0.2) is 4.39 Å². The van der Waals surface area contributed by atoms with Crippen molar-refractivity contribution in [3.8, 4) is 11.5 Å². The number of benzene rings is 1. The van der Waals surface area contributed by atoms with Gasteiger partial charge in [-0.05, 0) is 38.1 Å². The van der Waals surface area contributed by atoms with Gasteiger partial charge in [-0.2, -0.15) is 4.98 Å². The third kappa shape index (κ3) is 2.09. The van der Waals surface area contributed by atoms with Crippen molar-refractivity contribution < 1.29 is 13.7 Å². The highest BCUT2D eigenvalue weighted by Gasteiger charge is 2.33. The van der Waals surface area contributed by atoms with Gasteiger partial charge in [0, 0.05) is 5.56 Å². The Bertz CT molecular complexity index is 575. The van der Waals surface area contributed by atoms with Crippen LogP contribution in [-0.4, -0.2) is 16.0 Å². The summed E-state index contributed by atoms with van der Waals surface area (Å²) in [5, 5.41) is 3.73. The van der Waals surface area contributed by atoms with Gasteiger partial charge in [-0.1, -0.05) is 5.16 Å². The van der Waals surface area contributed by atoms with Crippen molar-refractivity contribution in [2.45, 2.75) is 19.3 Å². The molecule has 0 radical (unpaired) electrons. The number of amides is 1. The molecule has 1 heterocycles. The fourth-order valence-corrected chi connectivity index (χ4v) is 1.30. The van der Waals surface area contributed by atoms with E-state index in [-0.39, 0.29) is 17.5 Å². The number of carbonyl (C=O) groups is 1. The van der Waals surface area contributed by atoms with Crippen LogP contribution in [0.2, 0.25) is 0 Å². The molecule has 0 aliphatic rings. The molecule has 18 heavy (non-hydrogen) atoms. The lowest BCUT2D eigenvalue weighted by molar-refractivity contribution is -0.122. The van der Waals surface area contributed by atoms with E-state index < -0.39 is 11.3 Å². The van der Waals surface area contributed by atoms with Gasteiger partial charge in [-0.15, -0.1) is 0 Å². The predicted octanol–water partition coefficient (Wildman–Crippen LogP) is 1.64. The van der Waals surface area contributed by atoms with Gasteiger partial charge in [0.2, 0.25) is 5.91 Å². The number of nitrogens with two attached hydrogens (primary N) is 1. The number of aromatic nitrogens is 2. The molecule has 0 aliphatic heterocycles. The molecule has 5 nitrogen and oxygen atoms in total. The molecule has 0 aliphatic carbocycles. The van der Waals surface area contributed by atoms with Gasteiger partial charge in [0.1, 0.15) is 11.2 Å². The second kappa shape index (κ2) is 4.21. The first kappa shape index (κ1) is 12.2. The zero-order chi connectivity index (χ0) is 13.3. The number of rotatable bonds is 3. The van der Waals surface area contributed by atoms with Crippen LogP contribution in [0.5, 0.6) is 0 Å². The van der Waals surface area contributed by atoms with E-state index in [9.17, 15) is 9.18 Å². The van der Waals surface area contributed by atoms with Crippen molar-refractivity contribution >= 4 is 5.91 Å². The second-order valence-corrected chi connectivity index (χ2v) is 4.42. The summed E-state index contributed by atoms with van der Waals surface area (Å²) in [5.74, 6) is -0.474. The summed E-state index contributed by atoms with van der Waals surface area (Å²) in [5.41, 5.74) is 4.83. The van der Waals surface area contributed by atoms with Gasteiger partial charge in [0.05, 0.1) is 0 Å². The van der Waals surface area contributed by atoms with E-state index in [4.69, 9.17) is 10.3 Å². The molecule has 2 aromatic rings. The van der Waals surface area contributed by atoms with Crippen LogP contribution in [0.3, 0.4) is 0 Å². The Labute approximate surface area is 103 Å². The van der Waals surface area contributed by atoms with Crippen LogP contribution in [0.4, 0.5) is 4.39 Å². The molecule has 2 rings (SSSR count). The molecule has 0 saturated heterocycles. The first-order chi connectivity index (χ1) is 8.41. The molecule has 1 aromatic heterocycles. The lowest BCUT2D eigenvalue weighted by atomic mass is 9.92. The van der Waals surface area contributed by atoms with Crippen molar-refractivity contribution in [3.05, 3.63) is 35.9 Å². The summed E-state index contributed by atoms with van der Waals surface area (Å²) in [6.07, 6.45) is 0. The molecule has 1 aromatic carbocycles. The fourth-order valence-electron chi connectivity index (χ4n) is 1.30. The average molecular weight is 249 g/mol. The molecule has 0 bridgehead atoms. The van der Waals surface area contributed by atoms with Crippen molar-refractivity contribution in [1.82, 2.24) is 10.1 Å². The topological polar surface area (TPSA) is 82.0 Å². The molecular weight excluding hydrogens is 237 g/mol. The first-order valence-electron chi connectivity index (χ1n) is 5.31. The monoisotopic (exact) mass is 249 g/mol. The molecule has 0 unspecified atom stereocenters. The lowest BCUT2D eigenvalue weighted by Crippen LogP contribution is -2.36. The molecular formula is C12H12FN3O2. The van der Waals surface area contributed by atoms with Gasteiger partial charge in [0.15, 0.2) is 5.82 Å². The fraction of sp³-hybridized carbons (Fsp3) is 0.250. The van der Waals surface area contributed by atoms with Crippen molar-refractivity contribution in [2.24, 2.45) is 5.73 Å². The number of carbonyl (C=O) groups excluding carboxylic acids is 1. The Balaban J connectivity index is 2.37. The van der Waals surface area contributed by atoms with E-state index in [0.717, 1.165) is 0 Å². The highest BCUT2D eigenvalue weighted by molar-refractivity contribution is 5.84. The number of halogens is 1. The minimum atomic E-state index is -1.01. The van der Waals surface area contributed by atoms with E-state index in [1.54, 1.807) is 13.8 Å². The highest BCUT2D eigenvalue weighted by atomic mass is 19.1. The Morgan fingerprint density at radius 1 is 1.33 bits per heavy atom. The smallest absolute Gasteiger partial charge is 0.257 e. The quantitative estimate of drug-likeness (QED) is 0.896. The Morgan fingerprint density at radius 2 is 1.94 bits per heavy atom. The average Bonchev–Trinajstić information content (AvgIpc) is 2.79. The Morgan fingerprint density at radius 3 is 2.50 bits per heavy atom. The largest absolute Gasteiger partial charge is 0.369 e. The van der Waals surface area contributed by atoms with Gasteiger partial charge in [-0.3, -0.25) is 4.79 Å². The van der Waals surface area contributed by atoms with Gasteiger partial charge < -0.3 is 10.3 Å². The van der Waals surface area contributed by atoms with E-state index in [0.29, 0.717) is 5.56 Å². The molecule has 2 N–H and O–H groups in total. The summed E-state index contributed by atoms with van der Waals surface area (Å²) in [6, 6.07) is 5.62. The minimum absolute atomic E-state index is 0.203. The van der Waals surface area contributed by atoms with Gasteiger partial charge >= 0.3 is 0 Å². The van der Waals surface area contributed by atoms with Gasteiger partial charge in [0.25, 0.3) is 5.89 Å². The summed E-state index contributed by atoms with van der Waals surface area (Å²) < 4.78 is 17.8. The van der Waals surface area contributed by atoms with E-state index in [1.807, 2.05) is 0 Å². The number of primary amides is 1. The standard InChI is InChI=1S/C12H12FN3O2/c1-12(2,10(14)17)11-15-9(18-16-11)7-3-5-8(13)6-4-7/h3-6H,1-2H3,(H2,14,17). The van der Waals surface area contributed by atoms with E-state index >= 15 is 0 Å². The van der Waals surface area contributed by atoms with Crippen LogP contribution in [0.15, 0.2) is 28.8 Å². The summed E-state index contributed by atoms with van der Waals surface area (Å²) >= 11 is 0. The maximum atomic E-state index is 12.8. The van der Waals surface area contributed by atoms with Crippen LogP contribution in [0.25, 0.3) is 11.5 Å². The number of hydrogen-bond acceptors (Lipinski definition) is 4. The van der Waals surface area contributed by atoms with Crippen LogP contribution >= 0.6 is 0 Å². The SMILES string of the molecule is CC(C)(C(N)=O)c1noc(-c2ccc(F)cc2)n1. The molecule has 0 saturated carbocycles. The van der Waals surface area contributed by atoms with E-state index in [1.165, 1.54) is 24.3 Å². The molecule has 94 valence electrons. The molecule has 0 atom stereocenters. The molecule has 1 amide bonds. The maximum absolute atomic E-state index is 12.8. The second-order valence-electron chi connectivity index (χ2n) is 4.42. The third-order valence-corrected chi connectivity index (χ3v) is 2.69. The van der Waals surface area contributed by atoms with Crippen LogP contribution < -0.4 is 5.73 Å². The van der Waals surface area contributed by atoms with Crippen molar-refractivity contribution in [1.29, 1.82) is 0 Å². The summed E-state index contributed by atoms with van der Waals surface area (Å²) in [6.45, 7) is 3.21. The summed E-state index contributed by atoms with van der Waals surface area (Å²) in [4.78, 5) is 15.4. The van der Waals surface area contributed by atoms with E-state index in [2.05, 4.69) is 10.1 Å². The van der Waals surface area contributed by atoms with Crippen LogP contribution in [0, 0.1) is 5.82 Å². The lowest BCUT2D eigenvalue weighted by Gasteiger charge is -2.14. The summed E-state index contributed by atoms with van der Waals surface area (Å²) in [7, 11) is 0. The Kier molecular flexibility index (Phi) is 2.86. The zero-order valence-electron chi connectivity index (χ0n) is 9.98. The number of hydrogen-bond donors (Lipinski definition) is 1. The molecule has 6 heteroatoms. The molecule has 0 spiro atoms. The maximum Gasteiger partial charge on any atom is 0.257 e. The third-order valence-electron chi connectivity index (χ3n) is 2.69. The van der Waals surface area contributed by atoms with Crippen molar-refractivity contribution in [3.63, 3.8) is 0 Å². The first-order valence-corrected chi connectivity index (χ1v) is 5.31. The molecule has 0 fully saturated rings.